The maximum atomic E-state index is 11.4. The number of carboxylic acid groups (broad SMARTS) is 2. The predicted octanol–water partition coefficient (Wildman–Crippen LogP) is 4.20. The van der Waals surface area contributed by atoms with Crippen LogP contribution in [0.1, 0.15) is 79.6 Å². The van der Waals surface area contributed by atoms with Gasteiger partial charge in [0.1, 0.15) is 0 Å². The number of fused-ring (bicyclic) bond motifs is 8. The molecule has 0 amide bonds. The molecule has 5 heterocycles. The van der Waals surface area contributed by atoms with Gasteiger partial charge in [-0.05, 0) is 75.7 Å². The van der Waals surface area contributed by atoms with Gasteiger partial charge in [-0.25, -0.2) is 9.97 Å². The van der Waals surface area contributed by atoms with Gasteiger partial charge in [-0.3, -0.25) is 0 Å². The van der Waals surface area contributed by atoms with E-state index < -0.39 is 11.9 Å². The van der Waals surface area contributed by atoms with Crippen LogP contribution in [-0.2, 0) is 33.1 Å². The summed E-state index contributed by atoms with van der Waals surface area (Å²) in [4.78, 5) is 42.4. The monoisotopic (exact) mass is 622 g/mol. The molecule has 0 unspecified atom stereocenters. The summed E-state index contributed by atoms with van der Waals surface area (Å²) < 4.78 is 0. The Morgan fingerprint density at radius 2 is 1.28 bits per heavy atom. The summed E-state index contributed by atoms with van der Waals surface area (Å²) in [6.45, 7) is 15.8. The Morgan fingerprint density at radius 1 is 0.744 bits per heavy atom. The van der Waals surface area contributed by atoms with Gasteiger partial charge in [0.05, 0.1) is 22.8 Å². The van der Waals surface area contributed by atoms with Crippen LogP contribution in [0.4, 0.5) is 0 Å². The van der Waals surface area contributed by atoms with Crippen LogP contribution >= 0.6 is 0 Å². The molecule has 0 atom stereocenters. The summed E-state index contributed by atoms with van der Waals surface area (Å²) in [5.74, 6) is -2.31. The van der Waals surface area contributed by atoms with Gasteiger partial charge in [-0.1, -0.05) is 66.3 Å². The van der Waals surface area contributed by atoms with Crippen molar-refractivity contribution in [3.63, 3.8) is 0 Å². The van der Waals surface area contributed by atoms with Crippen molar-refractivity contribution in [1.29, 1.82) is 0 Å². The van der Waals surface area contributed by atoms with Crippen molar-refractivity contribution in [2.45, 2.75) is 53.4 Å². The van der Waals surface area contributed by atoms with Crippen molar-refractivity contribution in [3.8, 4) is 0 Å². The second kappa shape index (κ2) is 12.4. The maximum absolute atomic E-state index is 11.4. The molecule has 8 nitrogen and oxygen atoms in total. The molecule has 2 aliphatic heterocycles. The number of rotatable bonds is 8. The van der Waals surface area contributed by atoms with Crippen molar-refractivity contribution in [1.82, 2.24) is 19.9 Å². The van der Waals surface area contributed by atoms with Gasteiger partial charge in [-0.2, -0.15) is 0 Å². The van der Waals surface area contributed by atoms with E-state index in [1.165, 1.54) is 0 Å². The molecule has 1 radical (unpaired) electrons. The molecule has 223 valence electrons. The zero-order chi connectivity index (χ0) is 30.3. The first-order chi connectivity index (χ1) is 20.0. The van der Waals surface area contributed by atoms with Gasteiger partial charge in [0.2, 0.25) is 0 Å². The first-order valence-corrected chi connectivity index (χ1v) is 13.7. The average molecular weight is 623 g/mol. The number of aliphatic carboxylic acids is 2. The molecular formula is C34H31CuN4O4-. The van der Waals surface area contributed by atoms with Gasteiger partial charge in [-0.15, -0.1) is 22.1 Å². The third-order valence-electron chi connectivity index (χ3n) is 8.04. The molecule has 0 aromatic carbocycles. The Hall–Kier alpha value is -4.46. The molecule has 0 saturated carbocycles. The number of hydrogen-bond donors (Lipinski definition) is 0. The van der Waals surface area contributed by atoms with E-state index >= 15 is 0 Å². The van der Waals surface area contributed by atoms with Crippen molar-refractivity contribution in [2.24, 2.45) is 0 Å². The largest absolute Gasteiger partial charge is 2.00 e. The fourth-order valence-corrected chi connectivity index (χ4v) is 5.60. The van der Waals surface area contributed by atoms with Crippen molar-refractivity contribution in [3.05, 3.63) is 88.5 Å². The van der Waals surface area contributed by atoms with E-state index in [1.54, 1.807) is 18.2 Å². The Balaban J connectivity index is 0.00000264. The van der Waals surface area contributed by atoms with E-state index in [-0.39, 0.29) is 44.2 Å². The summed E-state index contributed by atoms with van der Waals surface area (Å²) in [5.41, 5.74) is 12.2. The number of nitrogens with zero attached hydrogens (tertiary/aromatic N) is 4. The van der Waals surface area contributed by atoms with Crippen LogP contribution in [0.25, 0.3) is 50.4 Å². The topological polar surface area (TPSA) is 134 Å². The van der Waals surface area contributed by atoms with Crippen LogP contribution in [0.3, 0.4) is 0 Å². The Bertz CT molecular complexity index is 1930. The van der Waals surface area contributed by atoms with E-state index in [2.05, 4.69) is 13.2 Å². The van der Waals surface area contributed by atoms with E-state index in [0.717, 1.165) is 61.3 Å². The summed E-state index contributed by atoms with van der Waals surface area (Å²) in [6, 6.07) is 7.52. The molecule has 0 N–H and O–H groups in total. The zero-order valence-electron chi connectivity index (χ0n) is 25.4. The molecule has 0 spiro atoms. The molecule has 3 aromatic heterocycles. The number of aryl methyl sites for hydroxylation is 3. The predicted molar refractivity (Wildman–Crippen MR) is 162 cm³/mol. The van der Waals surface area contributed by atoms with E-state index in [9.17, 15) is 19.8 Å². The number of allylic oxidation sites excluding steroid dienone is 5. The number of carboxylic acids is 2. The SMILES string of the molecule is C=CC1=C(C)c2cc3[n-]c(cc4nc(cc5[n-]c(cc1n2)c(C)c5CCC(=O)[O-])C(CCC(=O)[O-])=C4C)c(C)c3C=C.[Cu+2].[H+]. The normalized spacial score (nSPS) is 12.7. The Morgan fingerprint density at radius 3 is 1.93 bits per heavy atom. The van der Waals surface area contributed by atoms with Crippen molar-refractivity contribution in [2.75, 3.05) is 0 Å². The number of carbonyl (C=O) groups excluding carboxylic acids is 2. The smallest absolute Gasteiger partial charge is 0.657 e. The minimum atomic E-state index is -1.16. The van der Waals surface area contributed by atoms with Crippen LogP contribution in [-0.4, -0.2) is 21.9 Å². The van der Waals surface area contributed by atoms with Crippen molar-refractivity contribution < 1.29 is 38.3 Å². The molecule has 8 bridgehead atoms. The number of carbonyl (C=O) groups is 2. The minimum Gasteiger partial charge on any atom is -0.657 e. The second-order valence-corrected chi connectivity index (χ2v) is 10.5. The third kappa shape index (κ3) is 5.91. The van der Waals surface area contributed by atoms with Crippen molar-refractivity contribution >= 4 is 62.4 Å². The first kappa shape index (κ1) is 31.5. The van der Waals surface area contributed by atoms with E-state index in [0.29, 0.717) is 28.1 Å². The molecule has 2 aliphatic rings. The molecule has 0 saturated heterocycles. The summed E-state index contributed by atoms with van der Waals surface area (Å²) in [6.07, 6.45) is 3.65. The van der Waals surface area contributed by atoms with Crippen LogP contribution in [0.5, 0.6) is 0 Å². The molecular weight excluding hydrogens is 592 g/mol. The van der Waals surface area contributed by atoms with E-state index in [1.807, 2.05) is 45.9 Å². The minimum absolute atomic E-state index is 0. The summed E-state index contributed by atoms with van der Waals surface area (Å²) in [5, 5.41) is 22.8. The van der Waals surface area contributed by atoms with Gasteiger partial charge in [0.25, 0.3) is 0 Å². The maximum Gasteiger partial charge on any atom is 2.00 e. The molecule has 5 rings (SSSR count). The number of aromatic nitrogens is 4. The molecule has 3 aromatic rings. The van der Waals surface area contributed by atoms with E-state index in [4.69, 9.17) is 19.9 Å². The van der Waals surface area contributed by atoms with Gasteiger partial charge in [0, 0.05) is 17.5 Å². The average Bonchev–Trinajstić information content (AvgIpc) is 3.59. The Labute approximate surface area is 262 Å². The molecule has 0 aliphatic carbocycles. The molecule has 0 fully saturated rings. The fourth-order valence-electron chi connectivity index (χ4n) is 5.60. The van der Waals surface area contributed by atoms with Crippen LogP contribution < -0.4 is 20.2 Å². The standard InChI is InChI=1S/C34H34N4O4.Cu/c1-7-21-17(3)25-13-26-19(5)23(9-11-33(39)40)31(37-26)16-32-24(10-12-34(41)42)20(6)28(38-32)15-30-22(8-2)18(4)27(36-30)14-29(21)35-25;/h7-8,13-16H,1-2,9-12H2,3-6H3,(H4,35,36,37,38,39,40,41,42);/q;+2/p-3. The van der Waals surface area contributed by atoms with Crippen LogP contribution in [0, 0.1) is 13.8 Å². The first-order valence-electron chi connectivity index (χ1n) is 13.7. The second-order valence-electron chi connectivity index (χ2n) is 10.5. The van der Waals surface area contributed by atoms with Gasteiger partial charge < -0.3 is 29.8 Å². The fraction of sp³-hybridized carbons (Fsp3) is 0.235. The third-order valence-corrected chi connectivity index (χ3v) is 8.04. The zero-order valence-corrected chi connectivity index (χ0v) is 25.4. The molecule has 43 heavy (non-hydrogen) atoms. The van der Waals surface area contributed by atoms with Crippen LogP contribution in [0.2, 0.25) is 0 Å². The van der Waals surface area contributed by atoms with Gasteiger partial charge >= 0.3 is 18.5 Å². The van der Waals surface area contributed by atoms with Gasteiger partial charge in [0.15, 0.2) is 0 Å². The van der Waals surface area contributed by atoms with Crippen LogP contribution in [0.15, 0.2) is 43.5 Å². The number of hydrogen-bond acceptors (Lipinski definition) is 6. The summed E-state index contributed by atoms with van der Waals surface area (Å²) in [7, 11) is 0. The summed E-state index contributed by atoms with van der Waals surface area (Å²) >= 11 is 0. The Kier molecular flexibility index (Phi) is 9.09. The molecule has 9 heteroatoms. The quantitative estimate of drug-likeness (QED) is 0.341.